The molecule has 1 aliphatic heterocycles. The average molecular weight is 372 g/mol. The van der Waals surface area contributed by atoms with Crippen LogP contribution in [0.2, 0.25) is 0 Å². The average Bonchev–Trinajstić information content (AvgIpc) is 3.40. The summed E-state index contributed by atoms with van der Waals surface area (Å²) in [5, 5.41) is 1.97. The summed E-state index contributed by atoms with van der Waals surface area (Å²) in [7, 11) is 0. The summed E-state index contributed by atoms with van der Waals surface area (Å²) in [4.78, 5) is 21.6. The molecule has 0 N–H and O–H groups in total. The summed E-state index contributed by atoms with van der Waals surface area (Å²) in [5.41, 5.74) is 3.41. The maximum Gasteiger partial charge on any atom is 0.254 e. The first kappa shape index (κ1) is 17.5. The topological polar surface area (TPSA) is 45.7 Å². The number of ether oxygens (including phenoxy) is 1. The molecular weight excluding hydrogens is 346 g/mol. The molecule has 1 aliphatic carbocycles. The Labute approximate surface area is 158 Å². The van der Waals surface area contributed by atoms with Gasteiger partial charge in [0.1, 0.15) is 12.4 Å². The lowest BCUT2D eigenvalue weighted by atomic mass is 10.1. The van der Waals surface area contributed by atoms with Gasteiger partial charge in [-0.1, -0.05) is 18.9 Å². The zero-order valence-corrected chi connectivity index (χ0v) is 15.8. The van der Waals surface area contributed by atoms with Crippen LogP contribution >= 0.6 is 11.3 Å². The first-order valence-electron chi connectivity index (χ1n) is 9.43. The van der Waals surface area contributed by atoms with Gasteiger partial charge in [-0.3, -0.25) is 9.69 Å². The lowest BCUT2D eigenvalue weighted by Crippen LogP contribution is -2.51. The molecular formula is C20H25N3O2S. The fraction of sp³-hybridized carbons (Fsp3) is 0.500. The van der Waals surface area contributed by atoms with Crippen molar-refractivity contribution in [2.75, 3.05) is 26.2 Å². The lowest BCUT2D eigenvalue weighted by Gasteiger charge is -2.38. The maximum atomic E-state index is 12.9. The SMILES string of the molecule is O=C(c1cccc(OCc2cscn2)c1)N1CCN(C2CCCC2)CC1. The molecule has 0 bridgehead atoms. The van der Waals surface area contributed by atoms with Crippen LogP contribution in [-0.2, 0) is 6.61 Å². The number of aromatic nitrogens is 1. The first-order chi connectivity index (χ1) is 12.8. The number of nitrogens with zero attached hydrogens (tertiary/aromatic N) is 3. The van der Waals surface area contributed by atoms with Crippen molar-refractivity contribution < 1.29 is 9.53 Å². The van der Waals surface area contributed by atoms with Crippen LogP contribution < -0.4 is 4.74 Å². The molecule has 1 amide bonds. The smallest absolute Gasteiger partial charge is 0.254 e. The molecule has 2 heterocycles. The Morgan fingerprint density at radius 2 is 2.00 bits per heavy atom. The van der Waals surface area contributed by atoms with Gasteiger partial charge in [-0.15, -0.1) is 11.3 Å². The van der Waals surface area contributed by atoms with Crippen molar-refractivity contribution in [3.63, 3.8) is 0 Å². The Bertz CT molecular complexity index is 720. The van der Waals surface area contributed by atoms with Gasteiger partial charge in [-0.2, -0.15) is 0 Å². The number of carbonyl (C=O) groups excluding carboxylic acids is 1. The third kappa shape index (κ3) is 4.07. The highest BCUT2D eigenvalue weighted by Crippen LogP contribution is 2.25. The lowest BCUT2D eigenvalue weighted by molar-refractivity contribution is 0.0573. The number of amides is 1. The summed E-state index contributed by atoms with van der Waals surface area (Å²) in [6, 6.07) is 8.24. The Morgan fingerprint density at radius 1 is 1.19 bits per heavy atom. The third-order valence-electron chi connectivity index (χ3n) is 5.39. The van der Waals surface area contributed by atoms with Crippen LogP contribution in [0.25, 0.3) is 0 Å². The molecule has 1 saturated carbocycles. The molecule has 2 aromatic rings. The number of benzene rings is 1. The predicted octanol–water partition coefficient (Wildman–Crippen LogP) is 3.42. The number of carbonyl (C=O) groups is 1. The summed E-state index contributed by atoms with van der Waals surface area (Å²) in [6.45, 7) is 4.06. The van der Waals surface area contributed by atoms with E-state index in [0.29, 0.717) is 17.9 Å². The van der Waals surface area contributed by atoms with Gasteiger partial charge < -0.3 is 9.64 Å². The third-order valence-corrected chi connectivity index (χ3v) is 6.03. The highest BCUT2D eigenvalue weighted by molar-refractivity contribution is 7.07. The van der Waals surface area contributed by atoms with Crippen molar-refractivity contribution in [2.45, 2.75) is 38.3 Å². The normalized spacial score (nSPS) is 19.0. The molecule has 2 aliphatic rings. The Balaban J connectivity index is 1.33. The Morgan fingerprint density at radius 3 is 2.73 bits per heavy atom. The van der Waals surface area contributed by atoms with Crippen LogP contribution in [-0.4, -0.2) is 52.9 Å². The van der Waals surface area contributed by atoms with E-state index in [2.05, 4.69) is 9.88 Å². The molecule has 1 aromatic heterocycles. The van der Waals surface area contributed by atoms with Crippen LogP contribution in [0.15, 0.2) is 35.2 Å². The fourth-order valence-electron chi connectivity index (χ4n) is 3.93. The van der Waals surface area contributed by atoms with Gasteiger partial charge in [0, 0.05) is 43.2 Å². The van der Waals surface area contributed by atoms with Crippen LogP contribution in [0.3, 0.4) is 0 Å². The standard InChI is InChI=1S/C20H25N3O2S/c24-20(23-10-8-22(9-11-23)18-5-1-2-6-18)16-4-3-7-19(12-16)25-13-17-14-26-15-21-17/h3-4,7,12,14-15,18H,1-2,5-6,8-11,13H2. The van der Waals surface area contributed by atoms with E-state index in [0.717, 1.165) is 37.9 Å². The second-order valence-electron chi connectivity index (χ2n) is 7.06. The van der Waals surface area contributed by atoms with Crippen molar-refractivity contribution in [1.82, 2.24) is 14.8 Å². The number of hydrogen-bond donors (Lipinski definition) is 0. The minimum Gasteiger partial charge on any atom is -0.487 e. The van der Waals surface area contributed by atoms with E-state index in [-0.39, 0.29) is 5.91 Å². The zero-order chi connectivity index (χ0) is 17.8. The number of hydrogen-bond acceptors (Lipinski definition) is 5. The fourth-order valence-corrected chi connectivity index (χ4v) is 4.47. The van der Waals surface area contributed by atoms with E-state index < -0.39 is 0 Å². The number of thiazole rings is 1. The summed E-state index contributed by atoms with van der Waals surface area (Å²) >= 11 is 1.55. The molecule has 5 nitrogen and oxygen atoms in total. The molecule has 0 atom stereocenters. The molecule has 26 heavy (non-hydrogen) atoms. The van der Waals surface area contributed by atoms with E-state index in [1.54, 1.807) is 16.8 Å². The van der Waals surface area contributed by atoms with E-state index in [1.165, 1.54) is 25.7 Å². The van der Waals surface area contributed by atoms with E-state index in [1.807, 2.05) is 34.5 Å². The van der Waals surface area contributed by atoms with Crippen molar-refractivity contribution in [1.29, 1.82) is 0 Å². The number of rotatable bonds is 5. The first-order valence-corrected chi connectivity index (χ1v) is 10.4. The minimum absolute atomic E-state index is 0.107. The zero-order valence-electron chi connectivity index (χ0n) is 15.0. The van der Waals surface area contributed by atoms with Crippen molar-refractivity contribution in [3.05, 3.63) is 46.4 Å². The summed E-state index contributed by atoms with van der Waals surface area (Å²) in [6.07, 6.45) is 5.37. The van der Waals surface area contributed by atoms with Crippen molar-refractivity contribution >= 4 is 17.2 Å². The van der Waals surface area contributed by atoms with E-state index >= 15 is 0 Å². The second kappa shape index (κ2) is 8.18. The molecule has 0 spiro atoms. The monoisotopic (exact) mass is 371 g/mol. The molecule has 6 heteroatoms. The van der Waals surface area contributed by atoms with Crippen LogP contribution in [0.5, 0.6) is 5.75 Å². The second-order valence-corrected chi connectivity index (χ2v) is 7.78. The molecule has 138 valence electrons. The van der Waals surface area contributed by atoms with Gasteiger partial charge >= 0.3 is 0 Å². The van der Waals surface area contributed by atoms with Gasteiger partial charge in [0.05, 0.1) is 11.2 Å². The quantitative estimate of drug-likeness (QED) is 0.808. The summed E-state index contributed by atoms with van der Waals surface area (Å²) in [5.74, 6) is 0.823. The van der Waals surface area contributed by atoms with Gasteiger partial charge in [-0.05, 0) is 31.0 Å². The molecule has 0 radical (unpaired) electrons. The molecule has 1 saturated heterocycles. The molecule has 1 aromatic carbocycles. The highest BCUT2D eigenvalue weighted by atomic mass is 32.1. The van der Waals surface area contributed by atoms with Gasteiger partial charge in [0.2, 0.25) is 0 Å². The largest absolute Gasteiger partial charge is 0.487 e. The molecule has 4 rings (SSSR count). The van der Waals surface area contributed by atoms with Crippen molar-refractivity contribution in [2.24, 2.45) is 0 Å². The Hall–Kier alpha value is -1.92. The van der Waals surface area contributed by atoms with Crippen LogP contribution in [0.4, 0.5) is 0 Å². The summed E-state index contributed by atoms with van der Waals surface area (Å²) < 4.78 is 5.78. The Kier molecular flexibility index (Phi) is 5.51. The van der Waals surface area contributed by atoms with Crippen molar-refractivity contribution in [3.8, 4) is 5.75 Å². The van der Waals surface area contributed by atoms with Gasteiger partial charge in [0.15, 0.2) is 0 Å². The maximum absolute atomic E-state index is 12.9. The molecule has 0 unspecified atom stereocenters. The highest BCUT2D eigenvalue weighted by Gasteiger charge is 2.28. The van der Waals surface area contributed by atoms with Crippen LogP contribution in [0, 0.1) is 0 Å². The van der Waals surface area contributed by atoms with Gasteiger partial charge in [-0.25, -0.2) is 4.98 Å². The van der Waals surface area contributed by atoms with E-state index in [9.17, 15) is 4.79 Å². The van der Waals surface area contributed by atoms with Crippen LogP contribution in [0.1, 0.15) is 41.7 Å². The van der Waals surface area contributed by atoms with E-state index in [4.69, 9.17) is 4.74 Å². The molecule has 2 fully saturated rings. The van der Waals surface area contributed by atoms with Gasteiger partial charge in [0.25, 0.3) is 5.91 Å². The number of piperazine rings is 1. The predicted molar refractivity (Wildman–Crippen MR) is 103 cm³/mol. The minimum atomic E-state index is 0.107.